The van der Waals surface area contributed by atoms with Crippen molar-refractivity contribution in [1.29, 1.82) is 0 Å². The highest BCUT2D eigenvalue weighted by atomic mass is 16.5. The van der Waals surface area contributed by atoms with Gasteiger partial charge in [0.05, 0.1) is 11.0 Å². The zero-order valence-electron chi connectivity index (χ0n) is 15.6. The topological polar surface area (TPSA) is 27.1 Å². The van der Waals surface area contributed by atoms with Crippen molar-refractivity contribution in [2.75, 3.05) is 0 Å². The Kier molecular flexibility index (Phi) is 5.24. The molecule has 0 radical (unpaired) electrons. The molecule has 1 heterocycles. The van der Waals surface area contributed by atoms with E-state index in [1.165, 1.54) is 44.0 Å². The molecule has 3 heteroatoms. The minimum absolute atomic E-state index is 0.0730. The number of hydrogen-bond acceptors (Lipinski definition) is 2. The van der Waals surface area contributed by atoms with Gasteiger partial charge in [-0.15, -0.1) is 0 Å². The molecule has 1 atom stereocenters. The van der Waals surface area contributed by atoms with Gasteiger partial charge in [-0.05, 0) is 43.5 Å². The Morgan fingerprint density at radius 2 is 1.73 bits per heavy atom. The van der Waals surface area contributed by atoms with Gasteiger partial charge in [0.15, 0.2) is 11.9 Å². The summed E-state index contributed by atoms with van der Waals surface area (Å²) in [4.78, 5) is 4.91. The van der Waals surface area contributed by atoms with E-state index in [0.717, 1.165) is 29.6 Å². The van der Waals surface area contributed by atoms with Crippen molar-refractivity contribution in [2.24, 2.45) is 5.92 Å². The van der Waals surface area contributed by atoms with Crippen LogP contribution >= 0.6 is 0 Å². The zero-order chi connectivity index (χ0) is 17.8. The minimum Gasteiger partial charge on any atom is -0.483 e. The summed E-state index contributed by atoms with van der Waals surface area (Å²) in [5.74, 6) is 2.79. The molecule has 3 aromatic rings. The molecule has 0 amide bonds. The fourth-order valence-corrected chi connectivity index (χ4v) is 4.18. The van der Waals surface area contributed by atoms with Crippen LogP contribution in [0, 0.1) is 5.92 Å². The molecule has 136 valence electrons. The number of aromatic nitrogens is 2. The largest absolute Gasteiger partial charge is 0.483 e. The molecule has 4 rings (SSSR count). The second kappa shape index (κ2) is 7.94. The molecule has 1 aromatic heterocycles. The highest BCUT2D eigenvalue weighted by Crippen LogP contribution is 2.29. The van der Waals surface area contributed by atoms with E-state index < -0.39 is 0 Å². The van der Waals surface area contributed by atoms with Gasteiger partial charge in [0.1, 0.15) is 5.75 Å². The van der Waals surface area contributed by atoms with Crippen molar-refractivity contribution in [3.63, 3.8) is 0 Å². The summed E-state index contributed by atoms with van der Waals surface area (Å²) in [5, 5.41) is 0. The first-order valence-corrected chi connectivity index (χ1v) is 9.98. The van der Waals surface area contributed by atoms with Crippen LogP contribution < -0.4 is 4.74 Å². The number of aryl methyl sites for hydroxylation is 1. The quantitative estimate of drug-likeness (QED) is 0.534. The van der Waals surface area contributed by atoms with E-state index in [9.17, 15) is 0 Å². The molecule has 1 unspecified atom stereocenters. The first-order valence-electron chi connectivity index (χ1n) is 9.98. The van der Waals surface area contributed by atoms with E-state index >= 15 is 0 Å². The average molecular weight is 348 g/mol. The number of hydrogen-bond donors (Lipinski definition) is 0. The second-order valence-corrected chi connectivity index (χ2v) is 7.48. The summed E-state index contributed by atoms with van der Waals surface area (Å²) in [7, 11) is 0. The Morgan fingerprint density at radius 3 is 2.54 bits per heavy atom. The van der Waals surface area contributed by atoms with E-state index in [1.54, 1.807) is 0 Å². The van der Waals surface area contributed by atoms with Crippen LogP contribution in [0.3, 0.4) is 0 Å². The van der Waals surface area contributed by atoms with Gasteiger partial charge < -0.3 is 9.30 Å². The van der Waals surface area contributed by atoms with Crippen LogP contribution in [0.25, 0.3) is 11.0 Å². The van der Waals surface area contributed by atoms with Gasteiger partial charge in [0, 0.05) is 6.54 Å². The Labute approximate surface area is 156 Å². The van der Waals surface area contributed by atoms with E-state index in [2.05, 4.69) is 35.8 Å². The minimum atomic E-state index is -0.0730. The molecule has 0 bridgehead atoms. The fourth-order valence-electron chi connectivity index (χ4n) is 4.18. The molecule has 26 heavy (non-hydrogen) atoms. The highest BCUT2D eigenvalue weighted by molar-refractivity contribution is 5.76. The van der Waals surface area contributed by atoms with Gasteiger partial charge >= 0.3 is 0 Å². The third-order valence-corrected chi connectivity index (χ3v) is 5.59. The van der Waals surface area contributed by atoms with Crippen LogP contribution in [0.4, 0.5) is 0 Å². The molecule has 3 nitrogen and oxygen atoms in total. The van der Waals surface area contributed by atoms with Crippen molar-refractivity contribution in [3.05, 3.63) is 60.4 Å². The molecular formula is C23H28N2O. The summed E-state index contributed by atoms with van der Waals surface area (Å²) >= 11 is 0. The Morgan fingerprint density at radius 1 is 1.00 bits per heavy atom. The van der Waals surface area contributed by atoms with Crippen molar-refractivity contribution >= 4 is 11.0 Å². The maximum absolute atomic E-state index is 6.18. The smallest absolute Gasteiger partial charge is 0.153 e. The summed E-state index contributed by atoms with van der Waals surface area (Å²) < 4.78 is 8.57. The molecule has 1 saturated carbocycles. The number of ether oxygens (including phenoxy) is 1. The van der Waals surface area contributed by atoms with E-state index in [1.807, 2.05) is 30.3 Å². The third kappa shape index (κ3) is 3.77. The molecule has 2 aromatic carbocycles. The van der Waals surface area contributed by atoms with E-state index in [4.69, 9.17) is 9.72 Å². The lowest BCUT2D eigenvalue weighted by Gasteiger charge is -2.23. The van der Waals surface area contributed by atoms with Gasteiger partial charge in [-0.25, -0.2) is 4.98 Å². The monoisotopic (exact) mass is 348 g/mol. The van der Waals surface area contributed by atoms with E-state index in [-0.39, 0.29) is 6.10 Å². The SMILES string of the molecule is CC(Oc1ccccc1)c1nc2ccccc2n1CCC1CCCCC1. The number of nitrogens with zero attached hydrogens (tertiary/aromatic N) is 2. The molecule has 1 fully saturated rings. The summed E-state index contributed by atoms with van der Waals surface area (Å²) in [6.45, 7) is 3.13. The number of imidazole rings is 1. The summed E-state index contributed by atoms with van der Waals surface area (Å²) in [5.41, 5.74) is 2.29. The van der Waals surface area contributed by atoms with E-state index in [0.29, 0.717) is 0 Å². The lowest BCUT2D eigenvalue weighted by atomic mass is 9.87. The Hall–Kier alpha value is -2.29. The van der Waals surface area contributed by atoms with Gasteiger partial charge in [0.2, 0.25) is 0 Å². The first-order chi connectivity index (χ1) is 12.8. The van der Waals surface area contributed by atoms with Gasteiger partial charge in [0.25, 0.3) is 0 Å². The van der Waals surface area contributed by atoms with Crippen molar-refractivity contribution < 1.29 is 4.74 Å². The molecule has 1 aliphatic rings. The number of para-hydroxylation sites is 3. The standard InChI is InChI=1S/C23H28N2O/c1-18(26-20-12-6-3-7-13-20)23-24-21-14-8-9-15-22(21)25(23)17-16-19-10-4-2-5-11-19/h3,6-9,12-15,18-19H,2,4-5,10-11,16-17H2,1H3. The summed E-state index contributed by atoms with van der Waals surface area (Å²) in [6, 6.07) is 18.5. The number of rotatable bonds is 6. The Balaban J connectivity index is 1.58. The highest BCUT2D eigenvalue weighted by Gasteiger charge is 2.20. The first kappa shape index (κ1) is 17.1. The van der Waals surface area contributed by atoms with Crippen molar-refractivity contribution in [3.8, 4) is 5.75 Å². The Bertz CT molecular complexity index is 834. The summed E-state index contributed by atoms with van der Waals surface area (Å²) in [6.07, 6.45) is 8.15. The maximum atomic E-state index is 6.18. The zero-order valence-corrected chi connectivity index (χ0v) is 15.6. The predicted molar refractivity (Wildman–Crippen MR) is 106 cm³/mol. The van der Waals surface area contributed by atoms with Crippen molar-refractivity contribution in [1.82, 2.24) is 9.55 Å². The molecule has 0 aliphatic heterocycles. The average Bonchev–Trinajstić information content (AvgIpc) is 3.07. The molecule has 1 aliphatic carbocycles. The van der Waals surface area contributed by atoms with Crippen LogP contribution in [0.5, 0.6) is 5.75 Å². The van der Waals surface area contributed by atoms with Crippen LogP contribution in [0.2, 0.25) is 0 Å². The molecule has 0 spiro atoms. The van der Waals surface area contributed by atoms with Crippen LogP contribution in [-0.2, 0) is 6.54 Å². The maximum Gasteiger partial charge on any atom is 0.153 e. The predicted octanol–water partition coefficient (Wildman–Crippen LogP) is 6.15. The molecule has 0 N–H and O–H groups in total. The van der Waals surface area contributed by atoms with Gasteiger partial charge in [-0.2, -0.15) is 0 Å². The lowest BCUT2D eigenvalue weighted by molar-refractivity contribution is 0.209. The third-order valence-electron chi connectivity index (χ3n) is 5.59. The van der Waals surface area contributed by atoms with Gasteiger partial charge in [-0.3, -0.25) is 0 Å². The molecule has 0 saturated heterocycles. The van der Waals surface area contributed by atoms with Crippen LogP contribution in [0.1, 0.15) is 57.4 Å². The number of fused-ring (bicyclic) bond motifs is 1. The normalized spacial score (nSPS) is 16.7. The van der Waals surface area contributed by atoms with Crippen LogP contribution in [-0.4, -0.2) is 9.55 Å². The van der Waals surface area contributed by atoms with Crippen molar-refractivity contribution in [2.45, 2.75) is 58.1 Å². The van der Waals surface area contributed by atoms with Crippen LogP contribution in [0.15, 0.2) is 54.6 Å². The number of benzene rings is 2. The second-order valence-electron chi connectivity index (χ2n) is 7.48. The van der Waals surface area contributed by atoms with Gasteiger partial charge in [-0.1, -0.05) is 62.4 Å². The fraction of sp³-hybridized carbons (Fsp3) is 0.435. The lowest BCUT2D eigenvalue weighted by Crippen LogP contribution is -2.15. The molecular weight excluding hydrogens is 320 g/mol.